The highest BCUT2D eigenvalue weighted by Gasteiger charge is 2.13. The summed E-state index contributed by atoms with van der Waals surface area (Å²) in [6.07, 6.45) is 1.38. The number of nitrogens with zero attached hydrogens (tertiary/aromatic N) is 1. The maximum atomic E-state index is 13.1. The van der Waals surface area contributed by atoms with E-state index in [1.54, 1.807) is 19.9 Å². The van der Waals surface area contributed by atoms with Crippen LogP contribution in [0.3, 0.4) is 0 Å². The molecule has 0 aliphatic carbocycles. The smallest absolute Gasteiger partial charge is 0.340 e. The van der Waals surface area contributed by atoms with Crippen LogP contribution in [0.1, 0.15) is 22.8 Å². The van der Waals surface area contributed by atoms with E-state index in [0.29, 0.717) is 11.5 Å². The van der Waals surface area contributed by atoms with Gasteiger partial charge in [-0.1, -0.05) is 0 Å². The minimum absolute atomic E-state index is 0.245. The Labute approximate surface area is 121 Å². The van der Waals surface area contributed by atoms with Gasteiger partial charge in [-0.05, 0) is 43.7 Å². The van der Waals surface area contributed by atoms with Gasteiger partial charge in [-0.15, -0.1) is 0 Å². The highest BCUT2D eigenvalue weighted by Crippen LogP contribution is 2.22. The van der Waals surface area contributed by atoms with Gasteiger partial charge in [-0.25, -0.2) is 14.2 Å². The molecule has 0 saturated carbocycles. The number of nitrogen functional groups attached to an aromatic ring is 1. The maximum absolute atomic E-state index is 13.1. The fourth-order valence-electron chi connectivity index (χ4n) is 1.83. The molecule has 110 valence electrons. The van der Waals surface area contributed by atoms with E-state index in [1.165, 1.54) is 24.4 Å². The van der Waals surface area contributed by atoms with Crippen molar-refractivity contribution in [3.63, 3.8) is 0 Å². The van der Waals surface area contributed by atoms with Crippen LogP contribution in [0, 0.1) is 12.7 Å². The van der Waals surface area contributed by atoms with E-state index in [0.717, 1.165) is 5.56 Å². The molecule has 0 saturated heterocycles. The number of esters is 1. The van der Waals surface area contributed by atoms with Crippen LogP contribution in [0.5, 0.6) is 0 Å². The average Bonchev–Trinajstić information content (AvgIpc) is 2.44. The molecule has 0 aliphatic rings. The summed E-state index contributed by atoms with van der Waals surface area (Å²) in [4.78, 5) is 15.9. The van der Waals surface area contributed by atoms with Gasteiger partial charge >= 0.3 is 5.97 Å². The number of carbonyl (C=O) groups is 1. The van der Waals surface area contributed by atoms with Crippen LogP contribution in [0.2, 0.25) is 0 Å². The summed E-state index contributed by atoms with van der Waals surface area (Å²) in [7, 11) is 0. The van der Waals surface area contributed by atoms with Crippen molar-refractivity contribution >= 4 is 23.2 Å². The lowest BCUT2D eigenvalue weighted by molar-refractivity contribution is 0.0527. The van der Waals surface area contributed by atoms with E-state index in [4.69, 9.17) is 10.5 Å². The number of hydrogen-bond acceptors (Lipinski definition) is 5. The Balaban J connectivity index is 2.28. The van der Waals surface area contributed by atoms with E-state index >= 15 is 0 Å². The lowest BCUT2D eigenvalue weighted by atomic mass is 10.2. The molecule has 0 radical (unpaired) electrons. The first-order chi connectivity index (χ1) is 10.0. The first kappa shape index (κ1) is 14.8. The minimum atomic E-state index is -0.503. The second kappa shape index (κ2) is 6.21. The molecule has 3 N–H and O–H groups in total. The molecule has 21 heavy (non-hydrogen) atoms. The lowest BCUT2D eigenvalue weighted by Gasteiger charge is -2.11. The number of nitrogens with one attached hydrogen (secondary N) is 1. The molecule has 1 heterocycles. The molecule has 0 fully saturated rings. The maximum Gasteiger partial charge on any atom is 0.340 e. The van der Waals surface area contributed by atoms with Crippen molar-refractivity contribution in [2.75, 3.05) is 17.7 Å². The SMILES string of the molecule is CCOC(=O)c1cc(Nc2ccc(F)cc2C)ncc1N. The molecular formula is C15H16FN3O2. The highest BCUT2D eigenvalue weighted by atomic mass is 19.1. The molecule has 5 nitrogen and oxygen atoms in total. The Kier molecular flexibility index (Phi) is 4.37. The summed E-state index contributed by atoms with van der Waals surface area (Å²) in [6, 6.07) is 5.87. The van der Waals surface area contributed by atoms with Gasteiger partial charge in [0.1, 0.15) is 11.6 Å². The third kappa shape index (κ3) is 3.47. The molecule has 1 aromatic heterocycles. The van der Waals surface area contributed by atoms with Gasteiger partial charge in [0.25, 0.3) is 0 Å². The van der Waals surface area contributed by atoms with Crippen molar-refractivity contribution in [3.8, 4) is 0 Å². The second-order valence-electron chi connectivity index (χ2n) is 4.46. The quantitative estimate of drug-likeness (QED) is 0.846. The van der Waals surface area contributed by atoms with E-state index in [9.17, 15) is 9.18 Å². The number of anilines is 3. The fourth-order valence-corrected chi connectivity index (χ4v) is 1.83. The first-order valence-corrected chi connectivity index (χ1v) is 6.47. The molecule has 2 aromatic rings. The van der Waals surface area contributed by atoms with Gasteiger partial charge in [0.05, 0.1) is 24.1 Å². The number of hydrogen-bond donors (Lipinski definition) is 2. The number of benzene rings is 1. The van der Waals surface area contributed by atoms with Crippen LogP contribution in [-0.2, 0) is 4.74 Å². The standard InChI is InChI=1S/C15H16FN3O2/c1-3-21-15(20)11-7-14(18-8-12(11)17)19-13-5-4-10(16)6-9(13)2/h4-8H,3,17H2,1-2H3,(H,18,19). The predicted octanol–water partition coefficient (Wildman–Crippen LogP) is 3.03. The molecular weight excluding hydrogens is 273 g/mol. The number of halogens is 1. The molecule has 0 bridgehead atoms. The molecule has 0 atom stereocenters. The molecule has 1 aromatic carbocycles. The summed E-state index contributed by atoms with van der Waals surface area (Å²) in [6.45, 7) is 3.76. The van der Waals surface area contributed by atoms with Crippen molar-refractivity contribution in [2.24, 2.45) is 0 Å². The first-order valence-electron chi connectivity index (χ1n) is 6.47. The summed E-state index contributed by atoms with van der Waals surface area (Å²) >= 11 is 0. The van der Waals surface area contributed by atoms with Crippen molar-refractivity contribution in [2.45, 2.75) is 13.8 Å². The third-order valence-electron chi connectivity index (χ3n) is 2.88. The summed E-state index contributed by atoms with van der Waals surface area (Å²) in [5.74, 6) is -0.381. The van der Waals surface area contributed by atoms with Gasteiger partial charge in [0.2, 0.25) is 0 Å². The van der Waals surface area contributed by atoms with E-state index in [2.05, 4.69) is 10.3 Å². The number of nitrogens with two attached hydrogens (primary N) is 1. The fraction of sp³-hybridized carbons (Fsp3) is 0.200. The normalized spacial score (nSPS) is 10.2. The summed E-state index contributed by atoms with van der Waals surface area (Å²) in [5.41, 5.74) is 7.64. The van der Waals surface area contributed by atoms with Crippen LogP contribution in [0.4, 0.5) is 21.6 Å². The molecule has 0 amide bonds. The summed E-state index contributed by atoms with van der Waals surface area (Å²) in [5, 5.41) is 3.02. The molecule has 0 aliphatic heterocycles. The summed E-state index contributed by atoms with van der Waals surface area (Å²) < 4.78 is 18.0. The van der Waals surface area contributed by atoms with E-state index in [-0.39, 0.29) is 23.7 Å². The minimum Gasteiger partial charge on any atom is -0.462 e. The van der Waals surface area contributed by atoms with Crippen molar-refractivity contribution in [1.29, 1.82) is 0 Å². The van der Waals surface area contributed by atoms with Crippen LogP contribution in [0.25, 0.3) is 0 Å². The zero-order chi connectivity index (χ0) is 15.4. The van der Waals surface area contributed by atoms with Crippen LogP contribution in [0.15, 0.2) is 30.5 Å². The van der Waals surface area contributed by atoms with Gasteiger partial charge < -0.3 is 15.8 Å². The number of aromatic nitrogens is 1. The number of pyridine rings is 1. The number of rotatable bonds is 4. The Morgan fingerprint density at radius 3 is 2.86 bits per heavy atom. The van der Waals surface area contributed by atoms with Crippen molar-refractivity contribution in [3.05, 3.63) is 47.4 Å². The van der Waals surface area contributed by atoms with Crippen LogP contribution in [-0.4, -0.2) is 17.6 Å². The number of ether oxygens (including phenoxy) is 1. The monoisotopic (exact) mass is 289 g/mol. The zero-order valence-corrected chi connectivity index (χ0v) is 11.8. The Morgan fingerprint density at radius 1 is 1.43 bits per heavy atom. The molecule has 0 unspecified atom stereocenters. The highest BCUT2D eigenvalue weighted by molar-refractivity contribution is 5.95. The predicted molar refractivity (Wildman–Crippen MR) is 79.0 cm³/mol. The largest absolute Gasteiger partial charge is 0.462 e. The van der Waals surface area contributed by atoms with Gasteiger partial charge in [0.15, 0.2) is 0 Å². The number of carbonyl (C=O) groups excluding carboxylic acids is 1. The van der Waals surface area contributed by atoms with Crippen LogP contribution >= 0.6 is 0 Å². The van der Waals surface area contributed by atoms with E-state index < -0.39 is 5.97 Å². The van der Waals surface area contributed by atoms with Crippen LogP contribution < -0.4 is 11.1 Å². The second-order valence-corrected chi connectivity index (χ2v) is 4.46. The molecule has 0 spiro atoms. The Hall–Kier alpha value is -2.63. The van der Waals surface area contributed by atoms with Crippen molar-refractivity contribution in [1.82, 2.24) is 4.98 Å². The van der Waals surface area contributed by atoms with Crippen molar-refractivity contribution < 1.29 is 13.9 Å². The third-order valence-corrected chi connectivity index (χ3v) is 2.88. The Bertz CT molecular complexity index is 674. The topological polar surface area (TPSA) is 77.2 Å². The van der Waals surface area contributed by atoms with Gasteiger partial charge in [-0.3, -0.25) is 0 Å². The molecule has 2 rings (SSSR count). The molecule has 6 heteroatoms. The average molecular weight is 289 g/mol. The van der Waals surface area contributed by atoms with Gasteiger partial charge in [0, 0.05) is 5.69 Å². The Morgan fingerprint density at radius 2 is 2.19 bits per heavy atom. The number of aryl methyl sites for hydroxylation is 1. The van der Waals surface area contributed by atoms with Gasteiger partial charge in [-0.2, -0.15) is 0 Å². The van der Waals surface area contributed by atoms with E-state index in [1.807, 2.05) is 0 Å². The zero-order valence-electron chi connectivity index (χ0n) is 11.8. The lowest BCUT2D eigenvalue weighted by Crippen LogP contribution is -2.09.